The van der Waals surface area contributed by atoms with Crippen molar-refractivity contribution in [2.45, 2.75) is 6.92 Å². The fraction of sp³-hybridized carbons (Fsp3) is 0.0714. The quantitative estimate of drug-likeness (QED) is 0.673. The van der Waals surface area contributed by atoms with E-state index in [1.807, 2.05) is 19.1 Å². The van der Waals surface area contributed by atoms with Crippen LogP contribution in [0.1, 0.15) is 15.9 Å². The third kappa shape index (κ3) is 3.38. The number of nitrogens with two attached hydrogens (primary N) is 1. The Balaban J connectivity index is 2.46. The molecule has 0 unspecified atom stereocenters. The minimum absolute atomic E-state index is 0.0474. The fourth-order valence-corrected chi connectivity index (χ4v) is 2.04. The second kappa shape index (κ2) is 5.92. The molecule has 0 saturated carbocycles. The Morgan fingerprint density at radius 2 is 1.95 bits per heavy atom. The zero-order valence-electron chi connectivity index (χ0n) is 11.0. The molecule has 2 aromatic rings. The van der Waals surface area contributed by atoms with E-state index in [-0.39, 0.29) is 17.0 Å². The Bertz CT molecular complexity index is 731. The van der Waals surface area contributed by atoms with Gasteiger partial charge in [0.1, 0.15) is 5.75 Å². The van der Waals surface area contributed by atoms with Crippen LogP contribution < -0.4 is 10.5 Å². The summed E-state index contributed by atoms with van der Waals surface area (Å²) in [6, 6.07) is 9.22. The molecular weight excluding hydrogens is 340 g/mol. The minimum Gasteiger partial charge on any atom is -0.450 e. The highest BCUT2D eigenvalue weighted by Gasteiger charge is 2.19. The molecule has 0 aliphatic heterocycles. The molecule has 0 fully saturated rings. The van der Waals surface area contributed by atoms with Gasteiger partial charge in [0.25, 0.3) is 0 Å². The smallest absolute Gasteiger partial charge is 0.312 e. The lowest BCUT2D eigenvalue weighted by atomic mass is 10.1. The zero-order chi connectivity index (χ0) is 15.6. The number of aryl methyl sites for hydroxylation is 1. The molecule has 0 aliphatic carbocycles. The Morgan fingerprint density at radius 3 is 2.57 bits per heavy atom. The maximum Gasteiger partial charge on any atom is 0.312 e. The molecule has 0 aromatic heterocycles. The summed E-state index contributed by atoms with van der Waals surface area (Å²) in [7, 11) is 0. The maximum atomic E-state index is 11.1. The number of carbonyl (C=O) groups is 1. The monoisotopic (exact) mass is 350 g/mol. The van der Waals surface area contributed by atoms with E-state index in [0.29, 0.717) is 5.75 Å². The van der Waals surface area contributed by atoms with Crippen molar-refractivity contribution in [3.05, 3.63) is 62.1 Å². The van der Waals surface area contributed by atoms with E-state index in [1.54, 1.807) is 6.07 Å². The van der Waals surface area contributed by atoms with E-state index in [1.165, 1.54) is 12.1 Å². The average molecular weight is 351 g/mol. The molecule has 6 nitrogen and oxygen atoms in total. The van der Waals surface area contributed by atoms with Crippen molar-refractivity contribution in [2.75, 3.05) is 0 Å². The second-order valence-corrected chi connectivity index (χ2v) is 5.23. The first-order valence-electron chi connectivity index (χ1n) is 5.90. The van der Waals surface area contributed by atoms with Crippen LogP contribution in [-0.4, -0.2) is 10.8 Å². The molecule has 21 heavy (non-hydrogen) atoms. The van der Waals surface area contributed by atoms with E-state index in [4.69, 9.17) is 10.5 Å². The molecule has 0 saturated heterocycles. The number of nitro benzene ring substituents is 1. The molecule has 7 heteroatoms. The third-order valence-corrected chi connectivity index (χ3v) is 3.30. The number of benzene rings is 2. The fourth-order valence-electron chi connectivity index (χ4n) is 1.70. The van der Waals surface area contributed by atoms with Gasteiger partial charge in [0.05, 0.1) is 4.92 Å². The number of nitro groups is 1. The van der Waals surface area contributed by atoms with Crippen LogP contribution in [0.3, 0.4) is 0 Å². The number of carbonyl (C=O) groups excluding carboxylic acids is 1. The average Bonchev–Trinajstić information content (AvgIpc) is 2.42. The van der Waals surface area contributed by atoms with Crippen molar-refractivity contribution in [3.63, 3.8) is 0 Å². The van der Waals surface area contributed by atoms with Gasteiger partial charge in [-0.1, -0.05) is 22.0 Å². The van der Waals surface area contributed by atoms with Gasteiger partial charge in [-0.05, 0) is 36.8 Å². The summed E-state index contributed by atoms with van der Waals surface area (Å²) in [5.74, 6) is -0.200. The van der Waals surface area contributed by atoms with E-state index in [2.05, 4.69) is 15.9 Å². The summed E-state index contributed by atoms with van der Waals surface area (Å²) in [6.07, 6.45) is 0. The first-order chi connectivity index (χ1) is 9.88. The Hall–Kier alpha value is -2.41. The van der Waals surface area contributed by atoms with Crippen LogP contribution >= 0.6 is 15.9 Å². The van der Waals surface area contributed by atoms with Crippen molar-refractivity contribution in [1.29, 1.82) is 0 Å². The molecule has 0 bridgehead atoms. The molecule has 1 amide bonds. The summed E-state index contributed by atoms with van der Waals surface area (Å²) in [5.41, 5.74) is 5.69. The zero-order valence-corrected chi connectivity index (χ0v) is 12.6. The molecule has 0 radical (unpaired) electrons. The van der Waals surface area contributed by atoms with Gasteiger partial charge in [-0.15, -0.1) is 0 Å². The molecule has 0 heterocycles. The number of hydrogen-bond donors (Lipinski definition) is 1. The number of halogens is 1. The largest absolute Gasteiger partial charge is 0.450 e. The van der Waals surface area contributed by atoms with Gasteiger partial charge < -0.3 is 10.5 Å². The summed E-state index contributed by atoms with van der Waals surface area (Å²) in [5, 5.41) is 11.1. The van der Waals surface area contributed by atoms with E-state index in [9.17, 15) is 14.9 Å². The molecule has 0 aliphatic rings. The van der Waals surface area contributed by atoms with Crippen LogP contribution in [0.15, 0.2) is 40.9 Å². The molecule has 2 rings (SSSR count). The SMILES string of the molecule is Cc1ccc(Br)cc1Oc1ccc(C(N)=O)cc1[N+](=O)[O-]. The Morgan fingerprint density at radius 1 is 1.24 bits per heavy atom. The molecule has 0 atom stereocenters. The number of nitrogens with zero attached hydrogens (tertiary/aromatic N) is 1. The van der Waals surface area contributed by atoms with Gasteiger partial charge in [-0.25, -0.2) is 0 Å². The lowest BCUT2D eigenvalue weighted by molar-refractivity contribution is -0.385. The predicted octanol–water partition coefficient (Wildman–Crippen LogP) is 3.56. The van der Waals surface area contributed by atoms with Crippen LogP contribution in [0.4, 0.5) is 5.69 Å². The van der Waals surface area contributed by atoms with Crippen LogP contribution in [0.5, 0.6) is 11.5 Å². The second-order valence-electron chi connectivity index (χ2n) is 4.32. The van der Waals surface area contributed by atoms with Crippen molar-refractivity contribution < 1.29 is 14.5 Å². The molecule has 2 aromatic carbocycles. The number of rotatable bonds is 4. The molecule has 108 valence electrons. The van der Waals surface area contributed by atoms with Gasteiger partial charge in [0.15, 0.2) is 0 Å². The van der Waals surface area contributed by atoms with Crippen molar-refractivity contribution in [3.8, 4) is 11.5 Å². The summed E-state index contributed by atoms with van der Waals surface area (Å²) < 4.78 is 6.38. The van der Waals surface area contributed by atoms with Crippen LogP contribution in [0, 0.1) is 17.0 Å². The molecule has 2 N–H and O–H groups in total. The molecular formula is C14H11BrN2O4. The molecule has 0 spiro atoms. The van der Waals surface area contributed by atoms with Crippen LogP contribution in [0.25, 0.3) is 0 Å². The lowest BCUT2D eigenvalue weighted by Crippen LogP contribution is -2.11. The highest BCUT2D eigenvalue weighted by atomic mass is 79.9. The number of amides is 1. The predicted molar refractivity (Wildman–Crippen MR) is 80.6 cm³/mol. The Labute approximate surface area is 128 Å². The summed E-state index contributed by atoms with van der Waals surface area (Å²) >= 11 is 3.31. The van der Waals surface area contributed by atoms with Gasteiger partial charge >= 0.3 is 5.69 Å². The lowest BCUT2D eigenvalue weighted by Gasteiger charge is -2.10. The van der Waals surface area contributed by atoms with Gasteiger partial charge in [0.2, 0.25) is 11.7 Å². The minimum atomic E-state index is -0.733. The van der Waals surface area contributed by atoms with Crippen molar-refractivity contribution in [2.24, 2.45) is 5.73 Å². The van der Waals surface area contributed by atoms with E-state index < -0.39 is 10.8 Å². The topological polar surface area (TPSA) is 95.5 Å². The third-order valence-electron chi connectivity index (χ3n) is 2.81. The highest BCUT2D eigenvalue weighted by molar-refractivity contribution is 9.10. The van der Waals surface area contributed by atoms with Crippen molar-refractivity contribution in [1.82, 2.24) is 0 Å². The van der Waals surface area contributed by atoms with Gasteiger partial charge in [-0.2, -0.15) is 0 Å². The maximum absolute atomic E-state index is 11.1. The van der Waals surface area contributed by atoms with Gasteiger partial charge in [-0.3, -0.25) is 14.9 Å². The van der Waals surface area contributed by atoms with E-state index in [0.717, 1.165) is 16.1 Å². The number of primary amides is 1. The number of ether oxygens (including phenoxy) is 1. The summed E-state index contributed by atoms with van der Waals surface area (Å²) in [6.45, 7) is 1.82. The number of hydrogen-bond acceptors (Lipinski definition) is 4. The first kappa shape index (κ1) is 15.0. The van der Waals surface area contributed by atoms with Crippen molar-refractivity contribution >= 4 is 27.5 Å². The standard InChI is InChI=1S/C14H11BrN2O4/c1-8-2-4-10(15)7-13(8)21-12-5-3-9(14(16)18)6-11(12)17(19)20/h2-7H,1H3,(H2,16,18). The normalized spacial score (nSPS) is 10.2. The van der Waals surface area contributed by atoms with E-state index >= 15 is 0 Å². The Kier molecular flexibility index (Phi) is 4.23. The first-order valence-corrected chi connectivity index (χ1v) is 6.70. The van der Waals surface area contributed by atoms with Crippen LogP contribution in [0.2, 0.25) is 0 Å². The summed E-state index contributed by atoms with van der Waals surface area (Å²) in [4.78, 5) is 21.6. The van der Waals surface area contributed by atoms with Gasteiger partial charge in [0, 0.05) is 16.1 Å². The highest BCUT2D eigenvalue weighted by Crippen LogP contribution is 2.34. The van der Waals surface area contributed by atoms with Crippen LogP contribution in [-0.2, 0) is 0 Å².